The Bertz CT molecular complexity index is 824. The highest BCUT2D eigenvalue weighted by molar-refractivity contribution is 6.03. The van der Waals surface area contributed by atoms with Crippen LogP contribution in [0.5, 0.6) is 0 Å². The Morgan fingerprint density at radius 1 is 0.739 bits per heavy atom. The summed E-state index contributed by atoms with van der Waals surface area (Å²) < 4.78 is 0. The third-order valence-electron chi connectivity index (χ3n) is 3.67. The number of benzene rings is 3. The van der Waals surface area contributed by atoms with Crippen LogP contribution < -0.4 is 11.5 Å². The Balaban J connectivity index is 2.27. The molecule has 0 radical (unpaired) electrons. The first-order valence-corrected chi connectivity index (χ1v) is 7.14. The summed E-state index contributed by atoms with van der Waals surface area (Å²) in [6, 6.07) is 19.8. The molecule has 0 heterocycles. The highest BCUT2D eigenvalue weighted by Crippen LogP contribution is 2.33. The van der Waals surface area contributed by atoms with Gasteiger partial charge in [-0.3, -0.25) is 0 Å². The van der Waals surface area contributed by atoms with Crippen molar-refractivity contribution in [2.75, 3.05) is 11.5 Å². The van der Waals surface area contributed by atoms with Crippen LogP contribution in [0.4, 0.5) is 11.4 Å². The van der Waals surface area contributed by atoms with E-state index < -0.39 is 5.97 Å². The molecule has 114 valence electrons. The number of hydrogen-bond acceptors (Lipinski definition) is 3. The first-order valence-electron chi connectivity index (χ1n) is 7.14. The Morgan fingerprint density at radius 2 is 1.17 bits per heavy atom. The van der Waals surface area contributed by atoms with E-state index in [1.165, 1.54) is 0 Å². The molecule has 3 rings (SSSR count). The van der Waals surface area contributed by atoms with E-state index in [2.05, 4.69) is 0 Å². The van der Waals surface area contributed by atoms with Gasteiger partial charge < -0.3 is 16.6 Å². The number of nitrogens with two attached hydrogens (primary N) is 2. The first-order chi connectivity index (χ1) is 11.1. The molecule has 0 aliphatic heterocycles. The molecule has 0 aromatic heterocycles. The lowest BCUT2D eigenvalue weighted by atomic mass is 9.91. The van der Waals surface area contributed by atoms with Crippen molar-refractivity contribution in [1.29, 1.82) is 0 Å². The maximum absolute atomic E-state index is 11.9. The lowest BCUT2D eigenvalue weighted by Gasteiger charge is -2.13. The van der Waals surface area contributed by atoms with Crippen molar-refractivity contribution in [2.24, 2.45) is 0 Å². The molecule has 3 aromatic carbocycles. The van der Waals surface area contributed by atoms with Gasteiger partial charge in [0, 0.05) is 11.4 Å². The van der Waals surface area contributed by atoms with Crippen molar-refractivity contribution >= 4 is 17.3 Å². The minimum absolute atomic E-state index is 0.240. The summed E-state index contributed by atoms with van der Waals surface area (Å²) in [4.78, 5) is 11.9. The predicted molar refractivity (Wildman–Crippen MR) is 93.1 cm³/mol. The number of anilines is 2. The zero-order chi connectivity index (χ0) is 16.4. The zero-order valence-electron chi connectivity index (χ0n) is 12.4. The van der Waals surface area contributed by atoms with Gasteiger partial charge in [-0.15, -0.1) is 0 Å². The number of rotatable bonds is 3. The summed E-state index contributed by atoms with van der Waals surface area (Å²) in [5.74, 6) is -0.986. The summed E-state index contributed by atoms with van der Waals surface area (Å²) in [5, 5.41) is 9.75. The second-order valence-corrected chi connectivity index (χ2v) is 5.28. The van der Waals surface area contributed by atoms with Gasteiger partial charge in [0.25, 0.3) is 0 Å². The standard InChI is InChI=1S/C19H16N2O2/c20-14-6-1-4-12(10-14)16-8-3-9-17(18(16)19(22)23)13-5-2-7-15(21)11-13/h1-11H,20-21H2,(H,22,23). The van der Waals surface area contributed by atoms with Crippen LogP contribution in [0.1, 0.15) is 10.4 Å². The number of hydrogen-bond donors (Lipinski definition) is 3. The number of carbonyl (C=O) groups is 1. The molecule has 3 aromatic rings. The van der Waals surface area contributed by atoms with Gasteiger partial charge in [0.2, 0.25) is 0 Å². The summed E-state index contributed by atoms with van der Waals surface area (Å²) in [7, 11) is 0. The van der Waals surface area contributed by atoms with E-state index in [0.717, 1.165) is 11.1 Å². The maximum Gasteiger partial charge on any atom is 0.336 e. The van der Waals surface area contributed by atoms with E-state index in [9.17, 15) is 9.90 Å². The Labute approximate surface area is 134 Å². The fourth-order valence-electron chi connectivity index (χ4n) is 2.68. The molecule has 0 spiro atoms. The fraction of sp³-hybridized carbons (Fsp3) is 0. The van der Waals surface area contributed by atoms with E-state index in [4.69, 9.17) is 11.5 Å². The smallest absolute Gasteiger partial charge is 0.336 e. The van der Waals surface area contributed by atoms with Crippen molar-refractivity contribution in [2.45, 2.75) is 0 Å². The van der Waals surface area contributed by atoms with Crippen LogP contribution >= 0.6 is 0 Å². The average molecular weight is 304 g/mol. The van der Waals surface area contributed by atoms with E-state index in [-0.39, 0.29) is 5.56 Å². The Kier molecular flexibility index (Phi) is 3.73. The maximum atomic E-state index is 11.9. The molecule has 0 bridgehead atoms. The van der Waals surface area contributed by atoms with Crippen LogP contribution in [-0.4, -0.2) is 11.1 Å². The van der Waals surface area contributed by atoms with Crippen LogP contribution in [0.3, 0.4) is 0 Å². The molecule has 0 saturated carbocycles. The van der Waals surface area contributed by atoms with Gasteiger partial charge in [-0.05, 0) is 46.5 Å². The van der Waals surface area contributed by atoms with E-state index in [0.29, 0.717) is 22.5 Å². The van der Waals surface area contributed by atoms with Crippen LogP contribution in [-0.2, 0) is 0 Å². The first kappa shape index (κ1) is 14.7. The molecule has 0 saturated heterocycles. The van der Waals surface area contributed by atoms with Gasteiger partial charge in [0.05, 0.1) is 5.56 Å². The van der Waals surface area contributed by atoms with Crippen molar-refractivity contribution in [3.8, 4) is 22.3 Å². The Hall–Kier alpha value is -3.27. The number of carboxylic acids is 1. The molecule has 0 fully saturated rings. The molecule has 0 amide bonds. The minimum Gasteiger partial charge on any atom is -0.478 e. The SMILES string of the molecule is Nc1cccc(-c2cccc(-c3cccc(N)c3)c2C(=O)O)c1. The molecule has 0 aliphatic carbocycles. The topological polar surface area (TPSA) is 89.3 Å². The van der Waals surface area contributed by atoms with Crippen LogP contribution in [0, 0.1) is 0 Å². The monoisotopic (exact) mass is 304 g/mol. The molecule has 23 heavy (non-hydrogen) atoms. The van der Waals surface area contributed by atoms with Gasteiger partial charge in [0.15, 0.2) is 0 Å². The number of carboxylic acid groups (broad SMARTS) is 1. The molecule has 0 aliphatic rings. The van der Waals surface area contributed by atoms with Gasteiger partial charge in [-0.2, -0.15) is 0 Å². The lowest BCUT2D eigenvalue weighted by Crippen LogP contribution is -2.03. The molecule has 5 N–H and O–H groups in total. The lowest BCUT2D eigenvalue weighted by molar-refractivity contribution is 0.0698. The van der Waals surface area contributed by atoms with Gasteiger partial charge in [-0.1, -0.05) is 42.5 Å². The minimum atomic E-state index is -0.986. The molecule has 0 unspecified atom stereocenters. The third-order valence-corrected chi connectivity index (χ3v) is 3.67. The van der Waals surface area contributed by atoms with Crippen molar-refractivity contribution in [1.82, 2.24) is 0 Å². The van der Waals surface area contributed by atoms with Crippen molar-refractivity contribution in [3.63, 3.8) is 0 Å². The predicted octanol–water partition coefficient (Wildman–Crippen LogP) is 3.88. The largest absolute Gasteiger partial charge is 0.478 e. The quantitative estimate of drug-likeness (QED) is 0.640. The van der Waals surface area contributed by atoms with Gasteiger partial charge in [-0.25, -0.2) is 4.79 Å². The highest BCUT2D eigenvalue weighted by atomic mass is 16.4. The van der Waals surface area contributed by atoms with Gasteiger partial charge >= 0.3 is 5.97 Å². The van der Waals surface area contributed by atoms with E-state index in [1.54, 1.807) is 36.4 Å². The number of aromatic carboxylic acids is 1. The molecular weight excluding hydrogens is 288 g/mol. The van der Waals surface area contributed by atoms with E-state index >= 15 is 0 Å². The zero-order valence-corrected chi connectivity index (χ0v) is 12.4. The Morgan fingerprint density at radius 3 is 1.57 bits per heavy atom. The summed E-state index contributed by atoms with van der Waals surface area (Å²) in [6.07, 6.45) is 0. The van der Waals surface area contributed by atoms with Crippen LogP contribution in [0.25, 0.3) is 22.3 Å². The highest BCUT2D eigenvalue weighted by Gasteiger charge is 2.18. The van der Waals surface area contributed by atoms with Gasteiger partial charge in [0.1, 0.15) is 0 Å². The average Bonchev–Trinajstić information content (AvgIpc) is 2.54. The second-order valence-electron chi connectivity index (χ2n) is 5.28. The molecule has 4 heteroatoms. The second kappa shape index (κ2) is 5.85. The third kappa shape index (κ3) is 2.87. The normalized spacial score (nSPS) is 10.4. The summed E-state index contributed by atoms with van der Waals surface area (Å²) in [5.41, 5.74) is 15.9. The number of nitrogen functional groups attached to an aromatic ring is 2. The fourth-order valence-corrected chi connectivity index (χ4v) is 2.68. The van der Waals surface area contributed by atoms with Crippen molar-refractivity contribution < 1.29 is 9.90 Å². The molecular formula is C19H16N2O2. The summed E-state index contributed by atoms with van der Waals surface area (Å²) >= 11 is 0. The van der Waals surface area contributed by atoms with E-state index in [1.807, 2.05) is 30.3 Å². The summed E-state index contributed by atoms with van der Waals surface area (Å²) in [6.45, 7) is 0. The van der Waals surface area contributed by atoms with Crippen molar-refractivity contribution in [3.05, 3.63) is 72.3 Å². The molecule has 4 nitrogen and oxygen atoms in total. The molecule has 0 atom stereocenters. The van der Waals surface area contributed by atoms with Crippen LogP contribution in [0.15, 0.2) is 66.7 Å². The van der Waals surface area contributed by atoms with Crippen LogP contribution in [0.2, 0.25) is 0 Å².